The van der Waals surface area contributed by atoms with Crippen LogP contribution in [0, 0.1) is 5.82 Å². The van der Waals surface area contributed by atoms with Gasteiger partial charge in [-0.2, -0.15) is 4.98 Å². The normalized spacial score (nSPS) is 13.9. The van der Waals surface area contributed by atoms with Gasteiger partial charge in [-0.3, -0.25) is 4.79 Å². The van der Waals surface area contributed by atoms with Gasteiger partial charge < -0.3 is 14.6 Å². The van der Waals surface area contributed by atoms with Crippen molar-refractivity contribution in [1.82, 2.24) is 15.5 Å². The third-order valence-corrected chi connectivity index (χ3v) is 3.33. The van der Waals surface area contributed by atoms with Crippen LogP contribution in [0.2, 0.25) is 0 Å². The molecule has 0 radical (unpaired) electrons. The first-order chi connectivity index (χ1) is 10.7. The van der Waals surface area contributed by atoms with Crippen LogP contribution in [0.25, 0.3) is 0 Å². The SMILES string of the molecule is CCOc1c(F)cccc1C(=O)NCc1nc(C2CC2)no1. The van der Waals surface area contributed by atoms with E-state index in [1.54, 1.807) is 6.92 Å². The second kappa shape index (κ2) is 6.13. The van der Waals surface area contributed by atoms with Crippen molar-refractivity contribution >= 4 is 5.91 Å². The molecule has 6 nitrogen and oxygen atoms in total. The van der Waals surface area contributed by atoms with Gasteiger partial charge in [0.05, 0.1) is 18.7 Å². The van der Waals surface area contributed by atoms with Gasteiger partial charge in [0.25, 0.3) is 5.91 Å². The third-order valence-electron chi connectivity index (χ3n) is 3.33. The van der Waals surface area contributed by atoms with Gasteiger partial charge >= 0.3 is 0 Å². The van der Waals surface area contributed by atoms with Crippen molar-refractivity contribution in [2.45, 2.75) is 32.2 Å². The number of para-hydroxylation sites is 1. The van der Waals surface area contributed by atoms with Gasteiger partial charge in [0, 0.05) is 5.92 Å². The fourth-order valence-electron chi connectivity index (χ4n) is 2.08. The maximum absolute atomic E-state index is 13.7. The molecule has 1 amide bonds. The number of nitrogens with zero attached hydrogens (tertiary/aromatic N) is 2. The zero-order chi connectivity index (χ0) is 15.5. The average Bonchev–Trinajstić information content (AvgIpc) is 3.26. The van der Waals surface area contributed by atoms with E-state index in [2.05, 4.69) is 15.5 Å². The van der Waals surface area contributed by atoms with Crippen LogP contribution in [0.1, 0.15) is 47.8 Å². The lowest BCUT2D eigenvalue weighted by molar-refractivity contribution is 0.0941. The number of carbonyl (C=O) groups is 1. The quantitative estimate of drug-likeness (QED) is 0.887. The lowest BCUT2D eigenvalue weighted by Crippen LogP contribution is -2.24. The molecule has 1 N–H and O–H groups in total. The Morgan fingerprint density at radius 3 is 3.05 bits per heavy atom. The summed E-state index contributed by atoms with van der Waals surface area (Å²) in [6.07, 6.45) is 2.15. The van der Waals surface area contributed by atoms with E-state index in [0.717, 1.165) is 12.8 Å². The first-order valence-corrected chi connectivity index (χ1v) is 7.21. The molecule has 22 heavy (non-hydrogen) atoms. The minimum Gasteiger partial charge on any atom is -0.490 e. The predicted molar refractivity (Wildman–Crippen MR) is 75.0 cm³/mol. The van der Waals surface area contributed by atoms with Crippen LogP contribution in [0.15, 0.2) is 22.7 Å². The van der Waals surface area contributed by atoms with E-state index >= 15 is 0 Å². The van der Waals surface area contributed by atoms with E-state index in [9.17, 15) is 9.18 Å². The molecule has 0 bridgehead atoms. The first kappa shape index (κ1) is 14.5. The summed E-state index contributed by atoms with van der Waals surface area (Å²) in [5, 5.41) is 6.50. The van der Waals surface area contributed by atoms with E-state index < -0.39 is 11.7 Å². The summed E-state index contributed by atoms with van der Waals surface area (Å²) >= 11 is 0. The van der Waals surface area contributed by atoms with Crippen LogP contribution in [-0.4, -0.2) is 22.7 Å². The van der Waals surface area contributed by atoms with Gasteiger partial charge in [0.15, 0.2) is 17.4 Å². The summed E-state index contributed by atoms with van der Waals surface area (Å²) < 4.78 is 24.0. The van der Waals surface area contributed by atoms with Crippen LogP contribution in [0.4, 0.5) is 4.39 Å². The maximum Gasteiger partial charge on any atom is 0.255 e. The second-order valence-corrected chi connectivity index (χ2v) is 5.05. The molecule has 1 aliphatic carbocycles. The van der Waals surface area contributed by atoms with Crippen molar-refractivity contribution < 1.29 is 18.4 Å². The Bertz CT molecular complexity index is 682. The Balaban J connectivity index is 1.67. The summed E-state index contributed by atoms with van der Waals surface area (Å²) in [6.45, 7) is 2.10. The molecule has 1 aliphatic rings. The highest BCUT2D eigenvalue weighted by Crippen LogP contribution is 2.38. The van der Waals surface area contributed by atoms with Crippen LogP contribution >= 0.6 is 0 Å². The van der Waals surface area contributed by atoms with Gasteiger partial charge in [-0.25, -0.2) is 4.39 Å². The van der Waals surface area contributed by atoms with Crippen molar-refractivity contribution in [2.75, 3.05) is 6.61 Å². The van der Waals surface area contributed by atoms with Crippen molar-refractivity contribution in [2.24, 2.45) is 0 Å². The zero-order valence-corrected chi connectivity index (χ0v) is 12.1. The summed E-state index contributed by atoms with van der Waals surface area (Å²) in [4.78, 5) is 16.4. The molecule has 1 aromatic heterocycles. The number of rotatable bonds is 6. The number of amides is 1. The third kappa shape index (κ3) is 3.08. The van der Waals surface area contributed by atoms with Crippen molar-refractivity contribution in [3.8, 4) is 5.75 Å². The molecule has 0 spiro atoms. The highest BCUT2D eigenvalue weighted by Gasteiger charge is 2.28. The molecule has 1 saturated carbocycles. The van der Waals surface area contributed by atoms with Crippen molar-refractivity contribution in [1.29, 1.82) is 0 Å². The van der Waals surface area contributed by atoms with E-state index in [0.29, 0.717) is 17.6 Å². The Hall–Kier alpha value is -2.44. The smallest absolute Gasteiger partial charge is 0.255 e. The lowest BCUT2D eigenvalue weighted by Gasteiger charge is -2.10. The summed E-state index contributed by atoms with van der Waals surface area (Å²) in [5.74, 6) is 0.347. The number of carbonyl (C=O) groups excluding carboxylic acids is 1. The predicted octanol–water partition coefficient (Wildman–Crippen LogP) is 2.41. The molecular formula is C15H16FN3O3. The Kier molecular flexibility index (Phi) is 4.04. The summed E-state index contributed by atoms with van der Waals surface area (Å²) in [7, 11) is 0. The topological polar surface area (TPSA) is 77.2 Å². The largest absolute Gasteiger partial charge is 0.490 e. The van der Waals surface area contributed by atoms with Crippen molar-refractivity contribution in [3.63, 3.8) is 0 Å². The fraction of sp³-hybridized carbons (Fsp3) is 0.400. The molecule has 1 heterocycles. The minimum absolute atomic E-state index is 0.0494. The van der Waals surface area contributed by atoms with Crippen LogP contribution < -0.4 is 10.1 Å². The number of halogens is 1. The van der Waals surface area contributed by atoms with Crippen LogP contribution in [-0.2, 0) is 6.54 Å². The van der Waals surface area contributed by atoms with E-state index in [1.165, 1.54) is 18.2 Å². The van der Waals surface area contributed by atoms with Gasteiger partial charge in [-0.1, -0.05) is 11.2 Å². The summed E-state index contributed by atoms with van der Waals surface area (Å²) in [5.41, 5.74) is 0.142. The Morgan fingerprint density at radius 1 is 1.50 bits per heavy atom. The fourth-order valence-corrected chi connectivity index (χ4v) is 2.08. The molecule has 2 aromatic rings. The Morgan fingerprint density at radius 2 is 2.32 bits per heavy atom. The monoisotopic (exact) mass is 305 g/mol. The average molecular weight is 305 g/mol. The molecule has 3 rings (SSSR count). The van der Waals surface area contributed by atoms with Gasteiger partial charge in [-0.05, 0) is 31.9 Å². The van der Waals surface area contributed by atoms with Gasteiger partial charge in [-0.15, -0.1) is 0 Å². The number of aromatic nitrogens is 2. The molecule has 116 valence electrons. The number of ether oxygens (including phenoxy) is 1. The molecule has 0 saturated heterocycles. The first-order valence-electron chi connectivity index (χ1n) is 7.21. The number of hydrogen-bond donors (Lipinski definition) is 1. The molecule has 0 aliphatic heterocycles. The van der Waals surface area contributed by atoms with Gasteiger partial charge in [0.1, 0.15) is 0 Å². The molecule has 1 aromatic carbocycles. The minimum atomic E-state index is -0.566. The molecule has 7 heteroatoms. The molecular weight excluding hydrogens is 289 g/mol. The molecule has 0 unspecified atom stereocenters. The summed E-state index contributed by atoms with van der Waals surface area (Å²) in [6, 6.07) is 4.22. The maximum atomic E-state index is 13.7. The number of benzene rings is 1. The van der Waals surface area contributed by atoms with E-state index in [4.69, 9.17) is 9.26 Å². The Labute approximate surface area is 126 Å². The second-order valence-electron chi connectivity index (χ2n) is 5.05. The van der Waals surface area contributed by atoms with Gasteiger partial charge in [0.2, 0.25) is 5.89 Å². The lowest BCUT2D eigenvalue weighted by atomic mass is 10.2. The number of nitrogens with one attached hydrogen (secondary N) is 1. The highest BCUT2D eigenvalue weighted by atomic mass is 19.1. The number of hydrogen-bond acceptors (Lipinski definition) is 5. The van der Waals surface area contributed by atoms with E-state index in [1.807, 2.05) is 0 Å². The highest BCUT2D eigenvalue weighted by molar-refractivity contribution is 5.96. The van der Waals surface area contributed by atoms with E-state index in [-0.39, 0.29) is 24.5 Å². The molecule has 0 atom stereocenters. The zero-order valence-electron chi connectivity index (χ0n) is 12.1. The molecule has 1 fully saturated rings. The standard InChI is InChI=1S/C15H16FN3O3/c1-2-21-13-10(4-3-5-11(13)16)15(20)17-8-12-18-14(19-22-12)9-6-7-9/h3-5,9H,2,6-8H2,1H3,(H,17,20). The van der Waals surface area contributed by atoms with Crippen LogP contribution in [0.3, 0.4) is 0 Å². The van der Waals surface area contributed by atoms with Crippen molar-refractivity contribution in [3.05, 3.63) is 41.3 Å². The van der Waals surface area contributed by atoms with Crippen LogP contribution in [0.5, 0.6) is 5.75 Å².